The van der Waals surface area contributed by atoms with Crippen LogP contribution < -0.4 is 9.47 Å². The number of hydrogen-bond acceptors (Lipinski definition) is 2. The van der Waals surface area contributed by atoms with Crippen LogP contribution in [0.4, 0.5) is 30.7 Å². The van der Waals surface area contributed by atoms with Gasteiger partial charge in [-0.15, -0.1) is 0 Å². The molecular formula is C31H27F7O2. The van der Waals surface area contributed by atoms with Gasteiger partial charge in [-0.05, 0) is 83.8 Å². The molecule has 3 aromatic rings. The van der Waals surface area contributed by atoms with E-state index in [4.69, 9.17) is 0 Å². The van der Waals surface area contributed by atoms with E-state index in [-0.39, 0.29) is 0 Å². The van der Waals surface area contributed by atoms with Gasteiger partial charge in [0.15, 0.2) is 0 Å². The van der Waals surface area contributed by atoms with Gasteiger partial charge in [-0.1, -0.05) is 56.2 Å². The van der Waals surface area contributed by atoms with Crippen molar-refractivity contribution in [1.29, 1.82) is 0 Å². The summed E-state index contributed by atoms with van der Waals surface area (Å²) < 4.78 is 104. The molecule has 0 bridgehead atoms. The molecule has 0 spiro atoms. The van der Waals surface area contributed by atoms with Crippen molar-refractivity contribution in [3.8, 4) is 22.6 Å². The van der Waals surface area contributed by atoms with Crippen LogP contribution in [0, 0.1) is 11.7 Å². The van der Waals surface area contributed by atoms with E-state index in [0.717, 1.165) is 67.1 Å². The molecule has 2 nitrogen and oxygen atoms in total. The molecule has 1 aliphatic rings. The summed E-state index contributed by atoms with van der Waals surface area (Å²) in [6.45, 7) is 2.19. The van der Waals surface area contributed by atoms with Gasteiger partial charge in [0.05, 0.1) is 11.6 Å². The molecule has 0 heterocycles. The van der Waals surface area contributed by atoms with Crippen molar-refractivity contribution in [2.45, 2.75) is 51.2 Å². The number of alkyl halides is 4. The first-order valence-corrected chi connectivity index (χ1v) is 12.8. The SMILES string of the molecule is CCCC1CC=C(c2ccc(-c3ccc(C(F)(F)Oc4ccc(OC(F)(F)C=C(F)F)cc4)c(F)c3)cc2)CC1. The van der Waals surface area contributed by atoms with Crippen molar-refractivity contribution in [3.63, 3.8) is 0 Å². The molecule has 4 rings (SSSR count). The molecule has 0 aliphatic heterocycles. The van der Waals surface area contributed by atoms with Crippen LogP contribution in [0.3, 0.4) is 0 Å². The predicted octanol–water partition coefficient (Wildman–Crippen LogP) is 10.4. The average Bonchev–Trinajstić information content (AvgIpc) is 2.89. The Morgan fingerprint density at radius 1 is 0.850 bits per heavy atom. The van der Waals surface area contributed by atoms with Crippen LogP contribution in [0.1, 0.15) is 50.2 Å². The number of benzene rings is 3. The summed E-state index contributed by atoms with van der Waals surface area (Å²) >= 11 is 0. The maximum Gasteiger partial charge on any atom is 0.429 e. The van der Waals surface area contributed by atoms with E-state index in [9.17, 15) is 30.7 Å². The first-order valence-electron chi connectivity index (χ1n) is 12.8. The fourth-order valence-electron chi connectivity index (χ4n) is 4.72. The zero-order valence-corrected chi connectivity index (χ0v) is 21.6. The summed E-state index contributed by atoms with van der Waals surface area (Å²) in [6, 6.07) is 14.2. The van der Waals surface area contributed by atoms with Gasteiger partial charge in [0.1, 0.15) is 17.3 Å². The zero-order chi connectivity index (χ0) is 28.9. The lowest BCUT2D eigenvalue weighted by atomic mass is 9.84. The third kappa shape index (κ3) is 7.46. The highest BCUT2D eigenvalue weighted by atomic mass is 19.3. The normalized spacial score (nSPS) is 15.8. The molecule has 1 atom stereocenters. The molecule has 40 heavy (non-hydrogen) atoms. The molecule has 3 aromatic carbocycles. The van der Waals surface area contributed by atoms with Gasteiger partial charge in [-0.3, -0.25) is 0 Å². The lowest BCUT2D eigenvalue weighted by molar-refractivity contribution is -0.187. The van der Waals surface area contributed by atoms with Crippen LogP contribution >= 0.6 is 0 Å². The minimum atomic E-state index is -4.30. The quantitative estimate of drug-likeness (QED) is 0.228. The Morgan fingerprint density at radius 2 is 1.45 bits per heavy atom. The third-order valence-electron chi connectivity index (χ3n) is 6.69. The van der Waals surface area contributed by atoms with Crippen molar-refractivity contribution >= 4 is 5.57 Å². The second-order valence-electron chi connectivity index (χ2n) is 9.62. The number of rotatable bonds is 10. The number of hydrogen-bond donors (Lipinski definition) is 0. The summed E-state index contributed by atoms with van der Waals surface area (Å²) in [4.78, 5) is 0. The Bertz CT molecular complexity index is 1360. The Labute approximate surface area is 227 Å². The average molecular weight is 565 g/mol. The fourth-order valence-corrected chi connectivity index (χ4v) is 4.72. The van der Waals surface area contributed by atoms with Gasteiger partial charge in [0, 0.05) is 0 Å². The van der Waals surface area contributed by atoms with Crippen LogP contribution in [0.15, 0.2) is 85.0 Å². The standard InChI is InChI=1S/C31H27F7O2/c1-2-3-20-4-6-21(7-5-20)22-8-10-23(11-9-22)24-12-17-27(28(32)18-24)31(37,38)40-26-15-13-25(14-16-26)39-30(35,36)19-29(33)34/h6,8-20H,2-5,7H2,1H3. The summed E-state index contributed by atoms with van der Waals surface area (Å²) in [7, 11) is 0. The number of ether oxygens (including phenoxy) is 2. The predicted molar refractivity (Wildman–Crippen MR) is 139 cm³/mol. The van der Waals surface area contributed by atoms with Gasteiger partial charge >= 0.3 is 12.2 Å². The smallest absolute Gasteiger partial charge is 0.429 e. The van der Waals surface area contributed by atoms with Crippen molar-refractivity contribution in [2.75, 3.05) is 0 Å². The Balaban J connectivity index is 1.43. The summed E-state index contributed by atoms with van der Waals surface area (Å²) in [5.41, 5.74) is 2.41. The van der Waals surface area contributed by atoms with Gasteiger partial charge in [-0.25, -0.2) is 4.39 Å². The molecule has 9 heteroatoms. The third-order valence-corrected chi connectivity index (χ3v) is 6.69. The van der Waals surface area contributed by atoms with E-state index in [0.29, 0.717) is 11.1 Å². The highest BCUT2D eigenvalue weighted by molar-refractivity contribution is 5.71. The zero-order valence-electron chi connectivity index (χ0n) is 21.6. The number of allylic oxidation sites excluding steroid dienone is 2. The maximum atomic E-state index is 14.8. The van der Waals surface area contributed by atoms with Crippen molar-refractivity contribution in [1.82, 2.24) is 0 Å². The van der Waals surface area contributed by atoms with Crippen LogP contribution in [-0.4, -0.2) is 6.11 Å². The molecular weight excluding hydrogens is 537 g/mol. The van der Waals surface area contributed by atoms with Crippen LogP contribution in [0.5, 0.6) is 11.5 Å². The second kappa shape index (κ2) is 12.2. The van der Waals surface area contributed by atoms with Crippen LogP contribution in [0.25, 0.3) is 16.7 Å². The van der Waals surface area contributed by atoms with Gasteiger partial charge in [-0.2, -0.15) is 26.3 Å². The number of halogens is 7. The summed E-state index contributed by atoms with van der Waals surface area (Å²) in [5.74, 6) is -1.52. The van der Waals surface area contributed by atoms with E-state index < -0.39 is 47.3 Å². The highest BCUT2D eigenvalue weighted by Gasteiger charge is 2.38. The molecule has 0 amide bonds. The topological polar surface area (TPSA) is 18.5 Å². The minimum absolute atomic E-state index is 0.408. The molecule has 212 valence electrons. The van der Waals surface area contributed by atoms with E-state index in [2.05, 4.69) is 22.5 Å². The molecule has 0 aromatic heterocycles. The van der Waals surface area contributed by atoms with Crippen molar-refractivity contribution < 1.29 is 40.2 Å². The molecule has 0 saturated heterocycles. The Hall–Kier alpha value is -3.75. The van der Waals surface area contributed by atoms with E-state index in [1.165, 1.54) is 24.5 Å². The largest absolute Gasteiger partial charge is 0.429 e. The molecule has 0 N–H and O–H groups in total. The van der Waals surface area contributed by atoms with Gasteiger partial charge in [0.2, 0.25) is 0 Å². The van der Waals surface area contributed by atoms with E-state index >= 15 is 0 Å². The van der Waals surface area contributed by atoms with E-state index in [1.54, 1.807) is 0 Å². The first-order chi connectivity index (χ1) is 19.0. The highest BCUT2D eigenvalue weighted by Crippen LogP contribution is 2.37. The fraction of sp³-hybridized carbons (Fsp3) is 0.290. The molecule has 0 saturated carbocycles. The molecule has 0 fully saturated rings. The molecule has 1 unspecified atom stereocenters. The minimum Gasteiger partial charge on any atom is -0.429 e. The van der Waals surface area contributed by atoms with Crippen LogP contribution in [-0.2, 0) is 6.11 Å². The molecule has 1 aliphatic carbocycles. The second-order valence-corrected chi connectivity index (χ2v) is 9.62. The van der Waals surface area contributed by atoms with Crippen LogP contribution in [0.2, 0.25) is 0 Å². The lowest BCUT2D eigenvalue weighted by Crippen LogP contribution is -2.23. The maximum absolute atomic E-state index is 14.8. The first kappa shape index (κ1) is 29.2. The van der Waals surface area contributed by atoms with Crippen molar-refractivity contribution in [3.05, 3.63) is 102 Å². The Morgan fingerprint density at radius 3 is 2.00 bits per heavy atom. The van der Waals surface area contributed by atoms with E-state index in [1.807, 2.05) is 24.3 Å². The van der Waals surface area contributed by atoms with Crippen molar-refractivity contribution in [2.24, 2.45) is 5.92 Å². The van der Waals surface area contributed by atoms with Gasteiger partial charge < -0.3 is 9.47 Å². The molecule has 0 radical (unpaired) electrons. The summed E-state index contributed by atoms with van der Waals surface area (Å²) in [6.07, 6.45) is -3.86. The van der Waals surface area contributed by atoms with Gasteiger partial charge in [0.25, 0.3) is 6.08 Å². The lowest BCUT2D eigenvalue weighted by Gasteiger charge is -2.22. The monoisotopic (exact) mass is 564 g/mol. The summed E-state index contributed by atoms with van der Waals surface area (Å²) in [5, 5.41) is 0. The Kier molecular flexibility index (Phi) is 8.91.